The first-order chi connectivity index (χ1) is 13.0. The van der Waals surface area contributed by atoms with Crippen molar-refractivity contribution in [3.8, 4) is 0 Å². The molecule has 1 fully saturated rings. The van der Waals surface area contributed by atoms with Crippen LogP contribution >= 0.6 is 11.8 Å². The third kappa shape index (κ3) is 5.12. The van der Waals surface area contributed by atoms with Crippen LogP contribution in [0, 0.1) is 5.92 Å². The van der Waals surface area contributed by atoms with E-state index in [0.29, 0.717) is 0 Å². The first kappa shape index (κ1) is 19.5. The molecule has 5 N–H and O–H groups in total. The molecule has 1 aromatic carbocycles. The average molecular weight is 388 g/mol. The van der Waals surface area contributed by atoms with Crippen molar-refractivity contribution in [1.29, 1.82) is 0 Å². The first-order valence-corrected chi connectivity index (χ1v) is 9.78. The van der Waals surface area contributed by atoms with Gasteiger partial charge < -0.3 is 16.0 Å². The van der Waals surface area contributed by atoms with E-state index in [9.17, 15) is 9.59 Å². The maximum Gasteiger partial charge on any atom is 0.267 e. The molecule has 0 spiro atoms. The van der Waals surface area contributed by atoms with Crippen LogP contribution in [0.3, 0.4) is 0 Å². The third-order valence-electron chi connectivity index (χ3n) is 4.62. The first-order valence-electron chi connectivity index (χ1n) is 8.90. The second kappa shape index (κ2) is 8.60. The zero-order chi connectivity index (χ0) is 19.3. The van der Waals surface area contributed by atoms with Crippen molar-refractivity contribution >= 4 is 35.3 Å². The molecule has 0 aromatic heterocycles. The molecule has 1 saturated heterocycles. The van der Waals surface area contributed by atoms with Crippen LogP contribution in [0.2, 0.25) is 0 Å². The summed E-state index contributed by atoms with van der Waals surface area (Å²) in [6.45, 7) is 3.74. The van der Waals surface area contributed by atoms with E-state index >= 15 is 0 Å². The highest BCUT2D eigenvalue weighted by Gasteiger charge is 2.34. The average Bonchev–Trinajstić information content (AvgIpc) is 3.08. The summed E-state index contributed by atoms with van der Waals surface area (Å²) in [5, 5.41) is 20.3. The van der Waals surface area contributed by atoms with Gasteiger partial charge in [0.1, 0.15) is 0 Å². The van der Waals surface area contributed by atoms with Crippen LogP contribution in [-0.2, 0) is 9.59 Å². The fourth-order valence-electron chi connectivity index (χ4n) is 3.10. The van der Waals surface area contributed by atoms with Crippen LogP contribution in [0.1, 0.15) is 30.9 Å². The van der Waals surface area contributed by atoms with Gasteiger partial charge >= 0.3 is 0 Å². The number of thioether (sulfide) groups is 1. The quantitative estimate of drug-likeness (QED) is 0.299. The van der Waals surface area contributed by atoms with E-state index in [0.717, 1.165) is 42.8 Å². The summed E-state index contributed by atoms with van der Waals surface area (Å²) in [6, 6.07) is 7.65. The van der Waals surface area contributed by atoms with Gasteiger partial charge in [-0.2, -0.15) is 0 Å². The molecule has 1 aromatic rings. The number of carbonyl (C=O) groups excluding carboxylic acids is 2. The molecular formula is C19H24N4O3S. The molecule has 0 aliphatic carbocycles. The Labute approximate surface area is 162 Å². The molecular weight excluding hydrogens is 364 g/mol. The number of nitrogens with one attached hydrogen (secondary N) is 4. The van der Waals surface area contributed by atoms with Gasteiger partial charge in [0, 0.05) is 12.0 Å². The van der Waals surface area contributed by atoms with Gasteiger partial charge in [-0.25, -0.2) is 5.48 Å². The third-order valence-corrected chi connectivity index (χ3v) is 5.65. The zero-order valence-corrected chi connectivity index (χ0v) is 15.9. The number of rotatable bonds is 5. The van der Waals surface area contributed by atoms with Crippen LogP contribution in [0.25, 0.3) is 11.8 Å². The smallest absolute Gasteiger partial charge is 0.267 e. The second-order valence-electron chi connectivity index (χ2n) is 6.75. The lowest BCUT2D eigenvalue weighted by Crippen LogP contribution is -2.53. The van der Waals surface area contributed by atoms with Gasteiger partial charge in [0.2, 0.25) is 5.91 Å². The van der Waals surface area contributed by atoms with Crippen molar-refractivity contribution < 1.29 is 14.8 Å². The maximum atomic E-state index is 12.5. The molecule has 1 unspecified atom stereocenters. The van der Waals surface area contributed by atoms with E-state index in [4.69, 9.17) is 5.21 Å². The van der Waals surface area contributed by atoms with Gasteiger partial charge in [-0.3, -0.25) is 14.8 Å². The minimum absolute atomic E-state index is 0.0664. The van der Waals surface area contributed by atoms with E-state index < -0.39 is 10.9 Å². The van der Waals surface area contributed by atoms with Crippen LogP contribution in [0.5, 0.6) is 0 Å². The molecule has 3 rings (SSSR count). The number of carbonyl (C=O) groups is 2. The van der Waals surface area contributed by atoms with Crippen molar-refractivity contribution in [2.75, 3.05) is 13.1 Å². The number of piperidine rings is 1. The van der Waals surface area contributed by atoms with E-state index in [2.05, 4.69) is 16.0 Å². The fourth-order valence-corrected chi connectivity index (χ4v) is 3.97. The van der Waals surface area contributed by atoms with Crippen molar-refractivity contribution in [2.45, 2.75) is 24.8 Å². The molecule has 7 nitrogen and oxygen atoms in total. The normalized spacial score (nSPS) is 23.0. The lowest BCUT2D eigenvalue weighted by molar-refractivity contribution is -0.127. The standard InChI is InChI=1S/C19H24N4O3S/c1-19(22-18(25)15-8-10-20-11-9-15)21-16(12-27-19)14-5-2-13(3-6-14)4-7-17(24)23-26/h2-7,12,15,20-21,26H,8-11H2,1H3,(H,22,25)(H,23,24)/b7-4+. The fraction of sp³-hybridized carbons (Fsp3) is 0.368. The Kier molecular flexibility index (Phi) is 6.20. The molecule has 2 aliphatic heterocycles. The molecule has 0 radical (unpaired) electrons. The summed E-state index contributed by atoms with van der Waals surface area (Å²) in [6.07, 6.45) is 4.61. The summed E-state index contributed by atoms with van der Waals surface area (Å²) in [4.78, 5) is 23.0. The Bertz CT molecular complexity index is 757. The van der Waals surface area contributed by atoms with E-state index in [1.54, 1.807) is 23.3 Å². The number of hydrogen-bond donors (Lipinski definition) is 5. The van der Waals surface area contributed by atoms with Crippen molar-refractivity contribution in [3.63, 3.8) is 0 Å². The highest BCUT2D eigenvalue weighted by Crippen LogP contribution is 2.34. The van der Waals surface area contributed by atoms with Gasteiger partial charge in [0.25, 0.3) is 5.91 Å². The van der Waals surface area contributed by atoms with E-state index in [1.807, 2.05) is 36.6 Å². The van der Waals surface area contributed by atoms with Gasteiger partial charge in [0.15, 0.2) is 4.99 Å². The minimum Gasteiger partial charge on any atom is -0.353 e. The number of hydrogen-bond acceptors (Lipinski definition) is 6. The molecule has 0 saturated carbocycles. The Balaban J connectivity index is 1.58. The van der Waals surface area contributed by atoms with E-state index in [-0.39, 0.29) is 11.8 Å². The van der Waals surface area contributed by atoms with Crippen LogP contribution in [0.4, 0.5) is 0 Å². The Morgan fingerprint density at radius 3 is 2.63 bits per heavy atom. The number of benzene rings is 1. The second-order valence-corrected chi connectivity index (χ2v) is 8.04. The van der Waals surface area contributed by atoms with Gasteiger partial charge in [-0.05, 0) is 55.5 Å². The van der Waals surface area contributed by atoms with Gasteiger partial charge in [-0.1, -0.05) is 36.0 Å². The lowest BCUT2D eigenvalue weighted by atomic mass is 9.97. The Morgan fingerprint density at radius 2 is 1.96 bits per heavy atom. The molecule has 144 valence electrons. The monoisotopic (exact) mass is 388 g/mol. The summed E-state index contributed by atoms with van der Waals surface area (Å²) in [5.41, 5.74) is 4.33. The molecule has 8 heteroatoms. The Morgan fingerprint density at radius 1 is 1.26 bits per heavy atom. The number of amides is 2. The predicted octanol–water partition coefficient (Wildman–Crippen LogP) is 1.63. The molecule has 0 bridgehead atoms. The minimum atomic E-state index is -0.573. The van der Waals surface area contributed by atoms with Crippen molar-refractivity contribution in [3.05, 3.63) is 46.9 Å². The summed E-state index contributed by atoms with van der Waals surface area (Å²) in [7, 11) is 0. The van der Waals surface area contributed by atoms with Gasteiger partial charge in [-0.15, -0.1) is 0 Å². The maximum absolute atomic E-state index is 12.5. The zero-order valence-electron chi connectivity index (χ0n) is 15.1. The van der Waals surface area contributed by atoms with Crippen LogP contribution in [-0.4, -0.2) is 35.1 Å². The lowest BCUT2D eigenvalue weighted by Gasteiger charge is -2.30. The van der Waals surface area contributed by atoms with Crippen LogP contribution in [0.15, 0.2) is 35.7 Å². The summed E-state index contributed by atoms with van der Waals surface area (Å²) in [5.74, 6) is -0.413. The summed E-state index contributed by atoms with van der Waals surface area (Å²) < 4.78 is 0. The predicted molar refractivity (Wildman–Crippen MR) is 106 cm³/mol. The Hall–Kier alpha value is -2.29. The van der Waals surface area contributed by atoms with Crippen LogP contribution < -0.4 is 21.4 Å². The highest BCUT2D eigenvalue weighted by atomic mass is 32.2. The molecule has 1 atom stereocenters. The van der Waals surface area contributed by atoms with Gasteiger partial charge in [0.05, 0.1) is 5.70 Å². The summed E-state index contributed by atoms with van der Waals surface area (Å²) >= 11 is 1.55. The molecule has 27 heavy (non-hydrogen) atoms. The van der Waals surface area contributed by atoms with Crippen molar-refractivity contribution in [1.82, 2.24) is 21.4 Å². The highest BCUT2D eigenvalue weighted by molar-refractivity contribution is 8.03. The molecule has 2 heterocycles. The topological polar surface area (TPSA) is 102 Å². The molecule has 2 amide bonds. The molecule has 2 aliphatic rings. The van der Waals surface area contributed by atoms with E-state index in [1.165, 1.54) is 6.08 Å². The number of hydroxylamine groups is 1. The largest absolute Gasteiger partial charge is 0.353 e. The SMILES string of the molecule is CC1(NC(=O)C2CCNCC2)NC(c2ccc(/C=C/C(=O)NO)cc2)=CS1. The van der Waals surface area contributed by atoms with Crippen molar-refractivity contribution in [2.24, 2.45) is 5.92 Å².